The lowest BCUT2D eigenvalue weighted by Gasteiger charge is -2.34. The number of rotatable bonds is 4. The zero-order chi connectivity index (χ0) is 20.1. The van der Waals surface area contributed by atoms with Crippen molar-refractivity contribution in [2.45, 2.75) is 44.4 Å². The van der Waals surface area contributed by atoms with Gasteiger partial charge in [-0.2, -0.15) is 0 Å². The van der Waals surface area contributed by atoms with Crippen molar-refractivity contribution in [1.82, 2.24) is 24.8 Å². The average molecular weight is 406 g/mol. The fourth-order valence-electron chi connectivity index (χ4n) is 4.68. The molecule has 2 aliphatic heterocycles. The Labute approximate surface area is 174 Å². The first-order valence-corrected chi connectivity index (χ1v) is 11.1. The van der Waals surface area contributed by atoms with Crippen molar-refractivity contribution in [3.05, 3.63) is 24.3 Å². The average Bonchev–Trinajstić information content (AvgIpc) is 3.19. The highest BCUT2D eigenvalue weighted by Crippen LogP contribution is 2.40. The lowest BCUT2D eigenvalue weighted by molar-refractivity contribution is -0.134. The molecule has 1 amide bonds. The number of piperidine rings is 1. The van der Waals surface area contributed by atoms with Crippen LogP contribution in [0.15, 0.2) is 22.8 Å². The first-order valence-electron chi connectivity index (χ1n) is 11.1. The number of amides is 1. The van der Waals surface area contributed by atoms with Crippen molar-refractivity contribution >= 4 is 22.9 Å². The predicted octanol–water partition coefficient (Wildman–Crippen LogP) is 3.33. The third-order valence-electron chi connectivity index (χ3n) is 6.53. The zero-order valence-corrected chi connectivity index (χ0v) is 17.0. The van der Waals surface area contributed by atoms with Gasteiger partial charge in [0.25, 0.3) is 0 Å². The van der Waals surface area contributed by atoms with E-state index in [-0.39, 0.29) is 5.92 Å². The molecule has 2 saturated heterocycles. The molecule has 8 heteroatoms. The molecule has 0 bridgehead atoms. The molecular weight excluding hydrogens is 380 g/mol. The van der Waals surface area contributed by atoms with E-state index >= 15 is 0 Å². The van der Waals surface area contributed by atoms with Gasteiger partial charge >= 0.3 is 0 Å². The Bertz CT molecular complexity index is 1080. The molecular formula is C22H26N6O2. The summed E-state index contributed by atoms with van der Waals surface area (Å²) >= 11 is 0. The number of likely N-dealkylation sites (tertiary alicyclic amines) is 1. The molecule has 3 aliphatic rings. The van der Waals surface area contributed by atoms with Crippen LogP contribution in [0.2, 0.25) is 0 Å². The lowest BCUT2D eigenvalue weighted by Crippen LogP contribution is -2.44. The molecule has 3 aromatic heterocycles. The predicted molar refractivity (Wildman–Crippen MR) is 112 cm³/mol. The van der Waals surface area contributed by atoms with E-state index in [0.717, 1.165) is 87.6 Å². The van der Waals surface area contributed by atoms with Crippen LogP contribution >= 0.6 is 0 Å². The van der Waals surface area contributed by atoms with E-state index in [1.54, 1.807) is 6.26 Å². The quantitative estimate of drug-likeness (QED) is 0.715. The molecule has 156 valence electrons. The van der Waals surface area contributed by atoms with Crippen LogP contribution in [0.25, 0.3) is 22.7 Å². The number of imidazole rings is 1. The minimum atomic E-state index is 0.0695. The molecule has 8 nitrogen and oxygen atoms in total. The first-order chi connectivity index (χ1) is 14.7. The number of anilines is 1. The molecule has 1 atom stereocenters. The lowest BCUT2D eigenvalue weighted by atomic mass is 9.96. The number of carbonyl (C=O) groups is 1. The van der Waals surface area contributed by atoms with E-state index in [0.29, 0.717) is 23.3 Å². The van der Waals surface area contributed by atoms with Gasteiger partial charge in [-0.15, -0.1) is 0 Å². The Morgan fingerprint density at radius 2 is 1.90 bits per heavy atom. The topological polar surface area (TPSA) is 91.2 Å². The van der Waals surface area contributed by atoms with Crippen LogP contribution in [-0.2, 0) is 4.79 Å². The maximum Gasteiger partial charge on any atom is 0.227 e. The van der Waals surface area contributed by atoms with Crippen LogP contribution in [-0.4, -0.2) is 56.9 Å². The molecule has 0 unspecified atom stereocenters. The van der Waals surface area contributed by atoms with E-state index in [4.69, 9.17) is 9.40 Å². The molecule has 0 spiro atoms. The molecule has 30 heavy (non-hydrogen) atoms. The van der Waals surface area contributed by atoms with Crippen LogP contribution < -0.4 is 4.90 Å². The van der Waals surface area contributed by atoms with E-state index in [2.05, 4.69) is 19.9 Å². The Morgan fingerprint density at radius 1 is 1.03 bits per heavy atom. The second-order valence-corrected chi connectivity index (χ2v) is 8.79. The maximum atomic E-state index is 12.8. The standard InChI is InChI=1S/C22H26N6O2/c29-22(27-9-1-2-10-27)15-4-3-11-28(12-15)18-8-7-16-19(25-18)26-20(23-16)17-13-30-21(24-17)14-5-6-14/h7-8,13-15H,1-6,9-12H2,(H,23,25,26)/t15-/m1/s1. The first kappa shape index (κ1) is 17.9. The van der Waals surface area contributed by atoms with Gasteiger partial charge in [-0.3, -0.25) is 4.79 Å². The Hall–Kier alpha value is -2.90. The SMILES string of the molecule is O=C([C@@H]1CCCN(c2ccc3[nH]c(-c4coc(C5CC5)n4)nc3n2)C1)N1CCCC1. The highest BCUT2D eigenvalue weighted by molar-refractivity contribution is 5.80. The number of nitrogens with one attached hydrogen (secondary N) is 1. The normalized spacial score (nSPS) is 22.2. The van der Waals surface area contributed by atoms with Gasteiger partial charge in [0.05, 0.1) is 11.4 Å². The number of aromatic nitrogens is 4. The molecule has 3 aromatic rings. The largest absolute Gasteiger partial charge is 0.448 e. The van der Waals surface area contributed by atoms with Crippen molar-refractivity contribution in [2.75, 3.05) is 31.1 Å². The number of pyridine rings is 1. The number of H-pyrrole nitrogens is 1. The van der Waals surface area contributed by atoms with E-state index in [1.165, 1.54) is 0 Å². The summed E-state index contributed by atoms with van der Waals surface area (Å²) in [6.45, 7) is 3.49. The molecule has 1 saturated carbocycles. The molecule has 0 radical (unpaired) electrons. The smallest absolute Gasteiger partial charge is 0.227 e. The second-order valence-electron chi connectivity index (χ2n) is 8.79. The van der Waals surface area contributed by atoms with E-state index in [9.17, 15) is 4.79 Å². The Morgan fingerprint density at radius 3 is 2.73 bits per heavy atom. The summed E-state index contributed by atoms with van der Waals surface area (Å²) in [6.07, 6.45) is 8.23. The summed E-state index contributed by atoms with van der Waals surface area (Å²) in [4.78, 5) is 34.5. The highest BCUT2D eigenvalue weighted by atomic mass is 16.3. The van der Waals surface area contributed by atoms with Gasteiger partial charge < -0.3 is 19.2 Å². The van der Waals surface area contributed by atoms with E-state index < -0.39 is 0 Å². The van der Waals surface area contributed by atoms with Gasteiger partial charge in [-0.1, -0.05) is 0 Å². The second kappa shape index (κ2) is 7.11. The van der Waals surface area contributed by atoms with Gasteiger partial charge in [0, 0.05) is 32.1 Å². The van der Waals surface area contributed by atoms with Gasteiger partial charge in [-0.25, -0.2) is 15.0 Å². The Kier molecular flexibility index (Phi) is 4.24. The van der Waals surface area contributed by atoms with Crippen molar-refractivity contribution in [3.63, 3.8) is 0 Å². The number of carbonyl (C=O) groups excluding carboxylic acids is 1. The summed E-state index contributed by atoms with van der Waals surface area (Å²) in [6, 6.07) is 4.04. The maximum absolute atomic E-state index is 12.8. The molecule has 1 N–H and O–H groups in total. The summed E-state index contributed by atoms with van der Waals surface area (Å²) in [5.41, 5.74) is 2.28. The van der Waals surface area contributed by atoms with E-state index in [1.807, 2.05) is 17.0 Å². The van der Waals surface area contributed by atoms with Crippen molar-refractivity contribution in [2.24, 2.45) is 5.92 Å². The number of hydrogen-bond donors (Lipinski definition) is 1. The highest BCUT2D eigenvalue weighted by Gasteiger charge is 2.31. The van der Waals surface area contributed by atoms with Crippen LogP contribution in [0.4, 0.5) is 5.82 Å². The minimum Gasteiger partial charge on any atom is -0.448 e. The van der Waals surface area contributed by atoms with Crippen LogP contribution in [0.1, 0.15) is 50.3 Å². The number of nitrogens with zero attached hydrogens (tertiary/aromatic N) is 5. The van der Waals surface area contributed by atoms with Gasteiger partial charge in [0.1, 0.15) is 17.8 Å². The van der Waals surface area contributed by atoms with Crippen molar-refractivity contribution < 1.29 is 9.21 Å². The van der Waals surface area contributed by atoms with Gasteiger partial charge in [0.2, 0.25) is 5.91 Å². The summed E-state index contributed by atoms with van der Waals surface area (Å²) < 4.78 is 5.60. The fraction of sp³-hybridized carbons (Fsp3) is 0.545. The van der Waals surface area contributed by atoms with Crippen molar-refractivity contribution in [3.8, 4) is 11.5 Å². The summed E-state index contributed by atoms with van der Waals surface area (Å²) in [5, 5.41) is 0. The Balaban J connectivity index is 1.22. The zero-order valence-electron chi connectivity index (χ0n) is 17.0. The van der Waals surface area contributed by atoms with Crippen LogP contribution in [0.3, 0.4) is 0 Å². The molecule has 0 aromatic carbocycles. The third-order valence-corrected chi connectivity index (χ3v) is 6.53. The summed E-state index contributed by atoms with van der Waals surface area (Å²) in [7, 11) is 0. The third kappa shape index (κ3) is 3.24. The fourth-order valence-corrected chi connectivity index (χ4v) is 4.68. The molecule has 3 fully saturated rings. The minimum absolute atomic E-state index is 0.0695. The molecule has 1 aliphatic carbocycles. The van der Waals surface area contributed by atoms with Crippen LogP contribution in [0, 0.1) is 5.92 Å². The summed E-state index contributed by atoms with van der Waals surface area (Å²) in [5.74, 6) is 3.24. The van der Waals surface area contributed by atoms with Crippen molar-refractivity contribution in [1.29, 1.82) is 0 Å². The monoisotopic (exact) mass is 406 g/mol. The number of aromatic amines is 1. The number of hydrogen-bond acceptors (Lipinski definition) is 6. The molecule has 6 rings (SSSR count). The molecule has 5 heterocycles. The number of fused-ring (bicyclic) bond motifs is 1. The number of oxazole rings is 1. The van der Waals surface area contributed by atoms with Gasteiger partial charge in [-0.05, 0) is 50.7 Å². The van der Waals surface area contributed by atoms with Crippen LogP contribution in [0.5, 0.6) is 0 Å². The van der Waals surface area contributed by atoms with Gasteiger partial charge in [0.15, 0.2) is 17.4 Å².